The molecule has 2 N–H and O–H groups in total. The van der Waals surface area contributed by atoms with Crippen LogP contribution >= 0.6 is 11.8 Å². The predicted octanol–water partition coefficient (Wildman–Crippen LogP) is 1.11. The topological polar surface area (TPSA) is 66.4 Å². The quantitative estimate of drug-likeness (QED) is 0.779. The van der Waals surface area contributed by atoms with E-state index in [1.165, 1.54) is 0 Å². The molecule has 1 aliphatic carbocycles. The minimum absolute atomic E-state index is 0.0660. The van der Waals surface area contributed by atoms with E-state index in [9.17, 15) is 9.59 Å². The molecule has 0 aromatic heterocycles. The highest BCUT2D eigenvalue weighted by Gasteiger charge is 2.34. The van der Waals surface area contributed by atoms with Gasteiger partial charge in [0.15, 0.2) is 0 Å². The standard InChI is InChI=1S/C11H17NO3S/c13-10(12-9-3-4-16-6-9)7-1-2-8(5-7)11(14)15/h7-9H,1-6H2,(H,12,13)(H,14,15). The number of carbonyl (C=O) groups is 2. The first kappa shape index (κ1) is 11.8. The van der Waals surface area contributed by atoms with E-state index in [4.69, 9.17) is 5.11 Å². The molecule has 0 aromatic carbocycles. The van der Waals surface area contributed by atoms with Crippen LogP contribution in [0.3, 0.4) is 0 Å². The highest BCUT2D eigenvalue weighted by Crippen LogP contribution is 2.31. The van der Waals surface area contributed by atoms with Crippen molar-refractivity contribution in [2.75, 3.05) is 11.5 Å². The van der Waals surface area contributed by atoms with Crippen LogP contribution in [0.25, 0.3) is 0 Å². The van der Waals surface area contributed by atoms with Crippen molar-refractivity contribution in [3.63, 3.8) is 0 Å². The Morgan fingerprint density at radius 3 is 2.50 bits per heavy atom. The Bertz CT molecular complexity index is 289. The largest absolute Gasteiger partial charge is 0.481 e. The Balaban J connectivity index is 1.79. The molecule has 1 aliphatic heterocycles. The van der Waals surface area contributed by atoms with E-state index in [1.807, 2.05) is 11.8 Å². The van der Waals surface area contributed by atoms with Crippen molar-refractivity contribution in [3.05, 3.63) is 0 Å². The van der Waals surface area contributed by atoms with Crippen molar-refractivity contribution in [2.45, 2.75) is 31.7 Å². The lowest BCUT2D eigenvalue weighted by Crippen LogP contribution is -2.38. The third-order valence-corrected chi connectivity index (χ3v) is 4.59. The summed E-state index contributed by atoms with van der Waals surface area (Å²) in [5.74, 6) is 1.04. The van der Waals surface area contributed by atoms with Gasteiger partial charge >= 0.3 is 5.97 Å². The number of nitrogens with one attached hydrogen (secondary N) is 1. The van der Waals surface area contributed by atoms with Crippen LogP contribution in [-0.4, -0.2) is 34.5 Å². The van der Waals surface area contributed by atoms with Gasteiger partial charge < -0.3 is 10.4 Å². The number of aliphatic carboxylic acids is 1. The lowest BCUT2D eigenvalue weighted by Gasteiger charge is -2.15. The average molecular weight is 243 g/mol. The number of hydrogen-bond donors (Lipinski definition) is 2. The van der Waals surface area contributed by atoms with Crippen LogP contribution in [0, 0.1) is 11.8 Å². The van der Waals surface area contributed by atoms with Crippen molar-refractivity contribution in [3.8, 4) is 0 Å². The first-order valence-corrected chi connectivity index (χ1v) is 6.93. The third kappa shape index (κ3) is 2.70. The van der Waals surface area contributed by atoms with Crippen LogP contribution in [-0.2, 0) is 9.59 Å². The van der Waals surface area contributed by atoms with Crippen LogP contribution < -0.4 is 5.32 Å². The second-order valence-electron chi connectivity index (χ2n) is 4.61. The highest BCUT2D eigenvalue weighted by molar-refractivity contribution is 7.99. The Morgan fingerprint density at radius 2 is 1.94 bits per heavy atom. The molecule has 4 nitrogen and oxygen atoms in total. The normalized spacial score (nSPS) is 33.9. The first-order chi connectivity index (χ1) is 7.66. The van der Waals surface area contributed by atoms with E-state index < -0.39 is 5.97 Å². The van der Waals surface area contributed by atoms with E-state index in [0.29, 0.717) is 18.9 Å². The van der Waals surface area contributed by atoms with Gasteiger partial charge in [0, 0.05) is 17.7 Å². The molecule has 0 spiro atoms. The molecule has 0 bridgehead atoms. The second kappa shape index (κ2) is 5.08. The van der Waals surface area contributed by atoms with Gasteiger partial charge in [0.05, 0.1) is 5.92 Å². The van der Waals surface area contributed by atoms with E-state index >= 15 is 0 Å². The van der Waals surface area contributed by atoms with E-state index in [-0.39, 0.29) is 17.7 Å². The number of carboxylic acid groups (broad SMARTS) is 1. The molecule has 3 unspecified atom stereocenters. The molecular formula is C11H17NO3S. The van der Waals surface area contributed by atoms with Gasteiger partial charge in [-0.25, -0.2) is 0 Å². The zero-order valence-corrected chi connectivity index (χ0v) is 9.96. The van der Waals surface area contributed by atoms with Gasteiger partial charge in [-0.15, -0.1) is 0 Å². The molecule has 2 aliphatic rings. The van der Waals surface area contributed by atoms with Crippen molar-refractivity contribution in [1.29, 1.82) is 0 Å². The zero-order chi connectivity index (χ0) is 11.5. The molecule has 2 fully saturated rings. The number of hydrogen-bond acceptors (Lipinski definition) is 3. The van der Waals surface area contributed by atoms with Gasteiger partial charge in [-0.2, -0.15) is 11.8 Å². The molecule has 0 aromatic rings. The van der Waals surface area contributed by atoms with Gasteiger partial charge in [0.25, 0.3) is 0 Å². The fourth-order valence-electron chi connectivity index (χ4n) is 2.41. The number of rotatable bonds is 3. The summed E-state index contributed by atoms with van der Waals surface area (Å²) in [5.41, 5.74) is 0. The van der Waals surface area contributed by atoms with Gasteiger partial charge in [-0.3, -0.25) is 9.59 Å². The molecule has 1 saturated heterocycles. The van der Waals surface area contributed by atoms with E-state index in [0.717, 1.165) is 24.3 Å². The molecule has 2 rings (SSSR count). The maximum Gasteiger partial charge on any atom is 0.306 e. The fraction of sp³-hybridized carbons (Fsp3) is 0.818. The predicted molar refractivity (Wildman–Crippen MR) is 62.3 cm³/mol. The van der Waals surface area contributed by atoms with Crippen molar-refractivity contribution in [1.82, 2.24) is 5.32 Å². The van der Waals surface area contributed by atoms with Crippen molar-refractivity contribution in [2.24, 2.45) is 11.8 Å². The summed E-state index contributed by atoms with van der Waals surface area (Å²) in [6, 6.07) is 0.307. The van der Waals surface area contributed by atoms with Gasteiger partial charge in [-0.05, 0) is 31.4 Å². The maximum atomic E-state index is 11.9. The third-order valence-electron chi connectivity index (χ3n) is 3.43. The van der Waals surface area contributed by atoms with E-state index in [2.05, 4.69) is 5.32 Å². The highest BCUT2D eigenvalue weighted by atomic mass is 32.2. The summed E-state index contributed by atoms with van der Waals surface area (Å²) in [7, 11) is 0. The molecule has 16 heavy (non-hydrogen) atoms. The molecule has 5 heteroatoms. The summed E-state index contributed by atoms with van der Waals surface area (Å²) >= 11 is 1.86. The SMILES string of the molecule is O=C(O)C1CCC(C(=O)NC2CCSC2)C1. The van der Waals surface area contributed by atoms with Crippen LogP contribution in [0.5, 0.6) is 0 Å². The molecule has 0 radical (unpaired) electrons. The molecule has 1 amide bonds. The monoisotopic (exact) mass is 243 g/mol. The Morgan fingerprint density at radius 1 is 1.19 bits per heavy atom. The number of thioether (sulfide) groups is 1. The number of carbonyl (C=O) groups excluding carboxylic acids is 1. The summed E-state index contributed by atoms with van der Waals surface area (Å²) in [5, 5.41) is 11.9. The average Bonchev–Trinajstić information content (AvgIpc) is 2.86. The van der Waals surface area contributed by atoms with Crippen molar-refractivity contribution < 1.29 is 14.7 Å². The molecule has 3 atom stereocenters. The Labute approximate surface area is 99.2 Å². The lowest BCUT2D eigenvalue weighted by atomic mass is 10.0. The maximum absolute atomic E-state index is 11.9. The zero-order valence-electron chi connectivity index (χ0n) is 9.15. The van der Waals surface area contributed by atoms with Gasteiger partial charge in [0.2, 0.25) is 5.91 Å². The molecule has 1 saturated carbocycles. The Kier molecular flexibility index (Phi) is 3.74. The first-order valence-electron chi connectivity index (χ1n) is 5.77. The molecule has 90 valence electrons. The van der Waals surface area contributed by atoms with Crippen LogP contribution in [0.4, 0.5) is 0 Å². The number of carboxylic acids is 1. The van der Waals surface area contributed by atoms with Crippen molar-refractivity contribution >= 4 is 23.6 Å². The van der Waals surface area contributed by atoms with Gasteiger partial charge in [-0.1, -0.05) is 0 Å². The summed E-state index contributed by atoms with van der Waals surface area (Å²) in [6.45, 7) is 0. The summed E-state index contributed by atoms with van der Waals surface area (Å²) < 4.78 is 0. The minimum Gasteiger partial charge on any atom is -0.481 e. The summed E-state index contributed by atoms with van der Waals surface area (Å²) in [4.78, 5) is 22.6. The second-order valence-corrected chi connectivity index (χ2v) is 5.76. The van der Waals surface area contributed by atoms with Gasteiger partial charge in [0.1, 0.15) is 0 Å². The fourth-order valence-corrected chi connectivity index (χ4v) is 3.56. The number of amides is 1. The lowest BCUT2D eigenvalue weighted by molar-refractivity contribution is -0.141. The molecular weight excluding hydrogens is 226 g/mol. The minimum atomic E-state index is -0.758. The van der Waals surface area contributed by atoms with Crippen LogP contribution in [0.1, 0.15) is 25.7 Å². The summed E-state index contributed by atoms with van der Waals surface area (Å²) in [6.07, 6.45) is 2.93. The van der Waals surface area contributed by atoms with Crippen LogP contribution in [0.2, 0.25) is 0 Å². The van der Waals surface area contributed by atoms with E-state index in [1.54, 1.807) is 0 Å². The Hall–Kier alpha value is -0.710. The molecule has 1 heterocycles. The smallest absolute Gasteiger partial charge is 0.306 e. The van der Waals surface area contributed by atoms with Crippen LogP contribution in [0.15, 0.2) is 0 Å².